The van der Waals surface area contributed by atoms with Crippen LogP contribution in [0.15, 0.2) is 48.5 Å². The average Bonchev–Trinajstić information content (AvgIpc) is 2.76. The number of para-hydroxylation sites is 2. The zero-order valence-corrected chi connectivity index (χ0v) is 17.4. The van der Waals surface area contributed by atoms with E-state index in [1.165, 1.54) is 11.3 Å². The van der Waals surface area contributed by atoms with Crippen molar-refractivity contribution >= 4 is 11.6 Å². The number of carbonyl (C=O) groups is 1. The topological polar surface area (TPSA) is 54.0 Å². The second kappa shape index (κ2) is 10.7. The fourth-order valence-corrected chi connectivity index (χ4v) is 3.39. The molecule has 0 atom stereocenters. The molecule has 0 aliphatic carbocycles. The Hall–Kier alpha value is -2.73. The van der Waals surface area contributed by atoms with Gasteiger partial charge in [-0.25, -0.2) is 0 Å². The number of carbonyl (C=O) groups excluding carboxylic acids is 1. The zero-order valence-electron chi connectivity index (χ0n) is 17.4. The van der Waals surface area contributed by atoms with Crippen molar-refractivity contribution in [3.63, 3.8) is 0 Å². The van der Waals surface area contributed by atoms with Gasteiger partial charge in [-0.05, 0) is 49.7 Å². The fourth-order valence-electron chi connectivity index (χ4n) is 3.39. The van der Waals surface area contributed by atoms with Crippen LogP contribution in [0, 0.1) is 0 Å². The molecule has 1 aliphatic rings. The number of nitrogens with one attached hydrogen (secondary N) is 1. The van der Waals surface area contributed by atoms with Gasteiger partial charge >= 0.3 is 0 Å². The van der Waals surface area contributed by atoms with E-state index in [1.807, 2.05) is 18.2 Å². The third-order valence-electron chi connectivity index (χ3n) is 5.20. The highest BCUT2D eigenvalue weighted by Gasteiger charge is 2.13. The van der Waals surface area contributed by atoms with Gasteiger partial charge in [-0.1, -0.05) is 24.3 Å². The van der Waals surface area contributed by atoms with Gasteiger partial charge in [0.2, 0.25) is 0 Å². The van der Waals surface area contributed by atoms with Crippen LogP contribution < -0.4 is 19.7 Å². The third-order valence-corrected chi connectivity index (χ3v) is 5.20. The number of benzene rings is 2. The lowest BCUT2D eigenvalue weighted by molar-refractivity contribution is -0.123. The van der Waals surface area contributed by atoms with Crippen molar-refractivity contribution in [2.75, 3.05) is 58.4 Å². The first-order valence-electron chi connectivity index (χ1n) is 10.2. The number of amides is 1. The van der Waals surface area contributed by atoms with Crippen LogP contribution in [0.5, 0.6) is 11.5 Å². The molecular weight excluding hydrogens is 366 g/mol. The molecule has 6 nitrogen and oxygen atoms in total. The van der Waals surface area contributed by atoms with Gasteiger partial charge < -0.3 is 24.6 Å². The number of nitrogens with zero attached hydrogens (tertiary/aromatic N) is 2. The summed E-state index contributed by atoms with van der Waals surface area (Å²) in [6.07, 6.45) is 1.84. The smallest absolute Gasteiger partial charge is 0.257 e. The lowest BCUT2D eigenvalue weighted by atomic mass is 10.1. The average molecular weight is 398 g/mol. The highest BCUT2D eigenvalue weighted by Crippen LogP contribution is 2.25. The van der Waals surface area contributed by atoms with E-state index in [0.717, 1.165) is 39.0 Å². The highest BCUT2D eigenvalue weighted by atomic mass is 16.5. The van der Waals surface area contributed by atoms with Crippen LogP contribution >= 0.6 is 0 Å². The van der Waals surface area contributed by atoms with E-state index in [0.29, 0.717) is 18.0 Å². The monoisotopic (exact) mass is 397 g/mol. The Morgan fingerprint density at radius 2 is 1.69 bits per heavy atom. The van der Waals surface area contributed by atoms with Gasteiger partial charge in [-0.3, -0.25) is 4.79 Å². The Morgan fingerprint density at radius 3 is 2.38 bits per heavy atom. The van der Waals surface area contributed by atoms with E-state index in [-0.39, 0.29) is 12.5 Å². The van der Waals surface area contributed by atoms with Gasteiger partial charge in [-0.2, -0.15) is 0 Å². The Labute approximate surface area is 173 Å². The number of hydrogen-bond acceptors (Lipinski definition) is 5. The van der Waals surface area contributed by atoms with Gasteiger partial charge in [0.1, 0.15) is 0 Å². The molecular formula is C23H31N3O3. The summed E-state index contributed by atoms with van der Waals surface area (Å²) in [5.74, 6) is 1.08. The van der Waals surface area contributed by atoms with E-state index in [1.54, 1.807) is 13.2 Å². The number of likely N-dealkylation sites (N-methyl/N-ethyl adjacent to an activating group) is 1. The van der Waals surface area contributed by atoms with Crippen LogP contribution in [-0.2, 0) is 11.2 Å². The van der Waals surface area contributed by atoms with Crippen LogP contribution in [0.3, 0.4) is 0 Å². The number of rotatable bonds is 9. The molecule has 1 fully saturated rings. The molecule has 1 aliphatic heterocycles. The van der Waals surface area contributed by atoms with Crippen molar-refractivity contribution in [3.05, 3.63) is 54.1 Å². The number of piperazine rings is 1. The van der Waals surface area contributed by atoms with E-state index in [4.69, 9.17) is 9.47 Å². The first kappa shape index (κ1) is 21.0. The van der Waals surface area contributed by atoms with Crippen LogP contribution in [0.25, 0.3) is 0 Å². The number of ether oxygens (including phenoxy) is 2. The predicted molar refractivity (Wildman–Crippen MR) is 116 cm³/mol. The zero-order chi connectivity index (χ0) is 20.5. The largest absolute Gasteiger partial charge is 0.493 e. The molecule has 0 aromatic heterocycles. The molecule has 0 unspecified atom stereocenters. The van der Waals surface area contributed by atoms with Gasteiger partial charge in [-0.15, -0.1) is 0 Å². The number of aryl methyl sites for hydroxylation is 1. The molecule has 1 saturated heterocycles. The molecule has 6 heteroatoms. The summed E-state index contributed by atoms with van der Waals surface area (Å²) in [5, 5.41) is 2.91. The molecule has 29 heavy (non-hydrogen) atoms. The first-order valence-corrected chi connectivity index (χ1v) is 10.2. The summed E-state index contributed by atoms with van der Waals surface area (Å²) in [4.78, 5) is 16.8. The minimum Gasteiger partial charge on any atom is -0.493 e. The fraction of sp³-hybridized carbons (Fsp3) is 0.435. The van der Waals surface area contributed by atoms with Gasteiger partial charge in [0.25, 0.3) is 5.91 Å². The van der Waals surface area contributed by atoms with E-state index in [2.05, 4.69) is 46.4 Å². The lowest BCUT2D eigenvalue weighted by Gasteiger charge is -2.34. The Balaban J connectivity index is 1.34. The van der Waals surface area contributed by atoms with Crippen LogP contribution in [0.2, 0.25) is 0 Å². The van der Waals surface area contributed by atoms with Crippen molar-refractivity contribution in [1.29, 1.82) is 0 Å². The minimum atomic E-state index is -0.124. The molecule has 2 aromatic carbocycles. The molecule has 1 amide bonds. The van der Waals surface area contributed by atoms with E-state index < -0.39 is 0 Å². The van der Waals surface area contributed by atoms with Crippen LogP contribution in [0.4, 0.5) is 5.69 Å². The molecule has 1 heterocycles. The van der Waals surface area contributed by atoms with Gasteiger partial charge in [0.15, 0.2) is 18.1 Å². The summed E-state index contributed by atoms with van der Waals surface area (Å²) in [5.41, 5.74) is 2.59. The van der Waals surface area contributed by atoms with Crippen LogP contribution in [0.1, 0.15) is 12.0 Å². The molecule has 0 bridgehead atoms. The number of anilines is 1. The van der Waals surface area contributed by atoms with Gasteiger partial charge in [0.05, 0.1) is 7.11 Å². The normalized spacial score (nSPS) is 14.5. The maximum atomic E-state index is 12.0. The van der Waals surface area contributed by atoms with Crippen molar-refractivity contribution in [2.45, 2.75) is 12.8 Å². The first-order chi connectivity index (χ1) is 14.2. The number of hydrogen-bond donors (Lipinski definition) is 1. The molecule has 0 saturated carbocycles. The molecule has 0 spiro atoms. The molecule has 0 radical (unpaired) electrons. The number of methoxy groups -OCH3 is 1. The lowest BCUT2D eigenvalue weighted by Crippen LogP contribution is -2.44. The summed E-state index contributed by atoms with van der Waals surface area (Å²) in [7, 11) is 3.75. The summed E-state index contributed by atoms with van der Waals surface area (Å²) >= 11 is 0. The minimum absolute atomic E-state index is 0.0138. The molecule has 2 aromatic rings. The summed E-state index contributed by atoms with van der Waals surface area (Å²) in [6.45, 7) is 5.01. The Kier molecular flexibility index (Phi) is 7.76. The van der Waals surface area contributed by atoms with Crippen molar-refractivity contribution in [1.82, 2.24) is 10.2 Å². The summed E-state index contributed by atoms with van der Waals surface area (Å²) < 4.78 is 10.8. The Bertz CT molecular complexity index is 771. The van der Waals surface area contributed by atoms with Crippen molar-refractivity contribution < 1.29 is 14.3 Å². The van der Waals surface area contributed by atoms with Gasteiger partial charge in [0, 0.05) is 38.4 Å². The third kappa shape index (κ3) is 6.39. The maximum Gasteiger partial charge on any atom is 0.257 e. The van der Waals surface area contributed by atoms with Crippen molar-refractivity contribution in [2.24, 2.45) is 0 Å². The maximum absolute atomic E-state index is 12.0. The molecule has 3 rings (SSSR count). The standard InChI is InChI=1S/C23H31N3O3/c1-25-14-16-26(17-15-25)20-11-9-19(10-12-20)6-5-13-24-23(27)18-29-22-8-4-3-7-21(22)28-2/h3-4,7-12H,5-6,13-18H2,1-2H3,(H,24,27). The SMILES string of the molecule is COc1ccccc1OCC(=O)NCCCc1ccc(N2CCN(C)CC2)cc1. The van der Waals surface area contributed by atoms with Crippen molar-refractivity contribution in [3.8, 4) is 11.5 Å². The van der Waals surface area contributed by atoms with E-state index in [9.17, 15) is 4.79 Å². The summed E-state index contributed by atoms with van der Waals surface area (Å²) in [6, 6.07) is 16.1. The van der Waals surface area contributed by atoms with E-state index >= 15 is 0 Å². The molecule has 1 N–H and O–H groups in total. The predicted octanol–water partition coefficient (Wildman–Crippen LogP) is 2.57. The Morgan fingerprint density at radius 1 is 1.00 bits per heavy atom. The molecule has 156 valence electrons. The van der Waals surface area contributed by atoms with Crippen LogP contribution in [-0.4, -0.2) is 64.3 Å². The highest BCUT2D eigenvalue weighted by molar-refractivity contribution is 5.77. The second-order valence-corrected chi connectivity index (χ2v) is 7.35. The quantitative estimate of drug-likeness (QED) is 0.659. The second-order valence-electron chi connectivity index (χ2n) is 7.35.